The minimum absolute atomic E-state index is 0.0568. The largest absolute Gasteiger partial charge is 0.393 e. The van der Waals surface area contributed by atoms with E-state index in [0.29, 0.717) is 6.04 Å². The zero-order valence-electron chi connectivity index (χ0n) is 10.7. The van der Waals surface area contributed by atoms with Crippen LogP contribution in [0.15, 0.2) is 18.5 Å². The van der Waals surface area contributed by atoms with Crippen molar-refractivity contribution in [3.8, 4) is 0 Å². The van der Waals surface area contributed by atoms with E-state index >= 15 is 0 Å². The lowest BCUT2D eigenvalue weighted by molar-refractivity contribution is 0.116. The molecule has 3 nitrogen and oxygen atoms in total. The van der Waals surface area contributed by atoms with Gasteiger partial charge in [0, 0.05) is 31.5 Å². The summed E-state index contributed by atoms with van der Waals surface area (Å²) < 4.78 is 2.25. The highest BCUT2D eigenvalue weighted by molar-refractivity contribution is 5.10. The van der Waals surface area contributed by atoms with E-state index < -0.39 is 0 Å². The number of aliphatic hydroxyl groups excluding tert-OH is 1. The quantitative estimate of drug-likeness (QED) is 0.823. The summed E-state index contributed by atoms with van der Waals surface area (Å²) in [6, 6.07) is 2.79. The Morgan fingerprint density at radius 3 is 2.82 bits per heavy atom. The topological polar surface area (TPSA) is 37.2 Å². The van der Waals surface area contributed by atoms with Crippen LogP contribution in [-0.4, -0.2) is 21.8 Å². The SMILES string of the molecule is CCCn1ccc(CNC2CCC(O)CC2)c1. The highest BCUT2D eigenvalue weighted by atomic mass is 16.3. The molecule has 0 aromatic carbocycles. The standard InChI is InChI=1S/C14H24N2O/c1-2-8-16-9-7-12(11-16)10-15-13-3-5-14(17)6-4-13/h7,9,11,13-15,17H,2-6,8,10H2,1H3. The number of aliphatic hydroxyl groups is 1. The van der Waals surface area contributed by atoms with Gasteiger partial charge in [0.1, 0.15) is 0 Å². The number of rotatable bonds is 5. The van der Waals surface area contributed by atoms with E-state index in [2.05, 4.69) is 35.3 Å². The first-order valence-corrected chi connectivity index (χ1v) is 6.84. The maximum atomic E-state index is 9.44. The Kier molecular flexibility index (Phi) is 4.63. The molecule has 0 amide bonds. The Morgan fingerprint density at radius 2 is 2.12 bits per heavy atom. The van der Waals surface area contributed by atoms with Crippen molar-refractivity contribution in [2.45, 2.75) is 64.3 Å². The van der Waals surface area contributed by atoms with Crippen molar-refractivity contribution < 1.29 is 5.11 Å². The van der Waals surface area contributed by atoms with Crippen molar-refractivity contribution in [2.75, 3.05) is 0 Å². The van der Waals surface area contributed by atoms with E-state index in [1.165, 1.54) is 12.0 Å². The maximum absolute atomic E-state index is 9.44. The monoisotopic (exact) mass is 236 g/mol. The fraction of sp³-hybridized carbons (Fsp3) is 0.714. The van der Waals surface area contributed by atoms with Gasteiger partial charge in [0.15, 0.2) is 0 Å². The lowest BCUT2D eigenvalue weighted by atomic mass is 9.93. The summed E-state index contributed by atoms with van der Waals surface area (Å²) in [5.41, 5.74) is 1.37. The van der Waals surface area contributed by atoms with Crippen LogP contribution in [0.3, 0.4) is 0 Å². The van der Waals surface area contributed by atoms with Crippen molar-refractivity contribution in [2.24, 2.45) is 0 Å². The van der Waals surface area contributed by atoms with Gasteiger partial charge in [-0.1, -0.05) is 6.92 Å². The van der Waals surface area contributed by atoms with Crippen molar-refractivity contribution in [3.05, 3.63) is 24.0 Å². The predicted molar refractivity (Wildman–Crippen MR) is 69.8 cm³/mol. The zero-order valence-corrected chi connectivity index (χ0v) is 10.7. The predicted octanol–water partition coefficient (Wildman–Crippen LogP) is 2.29. The van der Waals surface area contributed by atoms with Gasteiger partial charge < -0.3 is 15.0 Å². The van der Waals surface area contributed by atoms with Crippen LogP contribution in [0.4, 0.5) is 0 Å². The molecule has 0 aliphatic heterocycles. The number of hydrogen-bond donors (Lipinski definition) is 2. The summed E-state index contributed by atoms with van der Waals surface area (Å²) in [6.07, 6.45) is 9.64. The number of aromatic nitrogens is 1. The highest BCUT2D eigenvalue weighted by Crippen LogP contribution is 2.18. The molecule has 0 spiro atoms. The molecule has 17 heavy (non-hydrogen) atoms. The lowest BCUT2D eigenvalue weighted by Gasteiger charge is -2.26. The second-order valence-electron chi connectivity index (χ2n) is 5.14. The van der Waals surface area contributed by atoms with E-state index in [9.17, 15) is 5.11 Å². The Bertz CT molecular complexity index is 327. The molecule has 1 aromatic heterocycles. The summed E-state index contributed by atoms with van der Waals surface area (Å²) in [4.78, 5) is 0. The van der Waals surface area contributed by atoms with Crippen molar-refractivity contribution in [1.82, 2.24) is 9.88 Å². The Labute approximate surface area is 104 Å². The average molecular weight is 236 g/mol. The van der Waals surface area contributed by atoms with Gasteiger partial charge in [-0.25, -0.2) is 0 Å². The minimum atomic E-state index is -0.0568. The second-order valence-corrected chi connectivity index (χ2v) is 5.14. The lowest BCUT2D eigenvalue weighted by Crippen LogP contribution is -2.34. The summed E-state index contributed by atoms with van der Waals surface area (Å²) in [6.45, 7) is 4.26. The van der Waals surface area contributed by atoms with Crippen molar-refractivity contribution >= 4 is 0 Å². The normalized spacial score (nSPS) is 25.1. The van der Waals surface area contributed by atoms with Crippen LogP contribution in [0, 0.1) is 0 Å². The molecule has 2 rings (SSSR count). The Morgan fingerprint density at radius 1 is 1.35 bits per heavy atom. The van der Waals surface area contributed by atoms with E-state index in [1.807, 2.05) is 0 Å². The molecule has 1 aliphatic carbocycles. The first-order valence-electron chi connectivity index (χ1n) is 6.84. The van der Waals surface area contributed by atoms with Crippen LogP contribution in [0.2, 0.25) is 0 Å². The molecule has 1 aromatic rings. The molecule has 0 saturated heterocycles. The molecule has 0 atom stereocenters. The van der Waals surface area contributed by atoms with Crippen LogP contribution in [0.25, 0.3) is 0 Å². The van der Waals surface area contributed by atoms with Gasteiger partial charge >= 0.3 is 0 Å². The van der Waals surface area contributed by atoms with Gasteiger partial charge in [0.2, 0.25) is 0 Å². The molecule has 1 fully saturated rings. The molecular weight excluding hydrogens is 212 g/mol. The van der Waals surface area contributed by atoms with Crippen LogP contribution in [-0.2, 0) is 13.1 Å². The molecule has 3 heteroatoms. The maximum Gasteiger partial charge on any atom is 0.0541 e. The number of aryl methyl sites for hydroxylation is 1. The number of nitrogens with zero attached hydrogens (tertiary/aromatic N) is 1. The first-order chi connectivity index (χ1) is 8.28. The fourth-order valence-corrected chi connectivity index (χ4v) is 2.53. The molecule has 96 valence electrons. The van der Waals surface area contributed by atoms with Gasteiger partial charge in [-0.2, -0.15) is 0 Å². The second kappa shape index (κ2) is 6.22. The molecule has 1 aliphatic rings. The molecule has 0 bridgehead atoms. The van der Waals surface area contributed by atoms with E-state index in [1.54, 1.807) is 0 Å². The van der Waals surface area contributed by atoms with Gasteiger partial charge in [0.05, 0.1) is 6.10 Å². The van der Waals surface area contributed by atoms with Crippen molar-refractivity contribution in [3.63, 3.8) is 0 Å². The molecule has 1 heterocycles. The summed E-state index contributed by atoms with van der Waals surface area (Å²) >= 11 is 0. The Hall–Kier alpha value is -0.800. The van der Waals surface area contributed by atoms with Gasteiger partial charge in [-0.3, -0.25) is 0 Å². The third kappa shape index (κ3) is 3.86. The fourth-order valence-electron chi connectivity index (χ4n) is 2.53. The van der Waals surface area contributed by atoms with Gasteiger partial charge in [0.25, 0.3) is 0 Å². The van der Waals surface area contributed by atoms with E-state index in [-0.39, 0.29) is 6.10 Å². The molecule has 0 radical (unpaired) electrons. The third-order valence-electron chi connectivity index (χ3n) is 3.59. The van der Waals surface area contributed by atoms with Crippen LogP contribution < -0.4 is 5.32 Å². The minimum Gasteiger partial charge on any atom is -0.393 e. The number of hydrogen-bond acceptors (Lipinski definition) is 2. The van der Waals surface area contributed by atoms with E-state index in [4.69, 9.17) is 0 Å². The Balaban J connectivity index is 1.73. The zero-order chi connectivity index (χ0) is 12.1. The molecule has 1 saturated carbocycles. The van der Waals surface area contributed by atoms with Gasteiger partial charge in [-0.15, -0.1) is 0 Å². The summed E-state index contributed by atoms with van der Waals surface area (Å²) in [5.74, 6) is 0. The number of nitrogens with one attached hydrogen (secondary N) is 1. The smallest absolute Gasteiger partial charge is 0.0541 e. The van der Waals surface area contributed by atoms with Crippen molar-refractivity contribution in [1.29, 1.82) is 0 Å². The average Bonchev–Trinajstić information content (AvgIpc) is 2.77. The molecular formula is C14H24N2O. The van der Waals surface area contributed by atoms with E-state index in [0.717, 1.165) is 38.8 Å². The highest BCUT2D eigenvalue weighted by Gasteiger charge is 2.18. The first kappa shape index (κ1) is 12.7. The molecule has 0 unspecified atom stereocenters. The van der Waals surface area contributed by atoms with Gasteiger partial charge in [-0.05, 0) is 43.7 Å². The third-order valence-corrected chi connectivity index (χ3v) is 3.59. The molecule has 2 N–H and O–H groups in total. The van der Waals surface area contributed by atoms with Crippen LogP contribution in [0.5, 0.6) is 0 Å². The van der Waals surface area contributed by atoms with Crippen LogP contribution >= 0.6 is 0 Å². The summed E-state index contributed by atoms with van der Waals surface area (Å²) in [5, 5.41) is 13.0. The summed E-state index contributed by atoms with van der Waals surface area (Å²) in [7, 11) is 0. The van der Waals surface area contributed by atoms with Crippen LogP contribution in [0.1, 0.15) is 44.6 Å².